The van der Waals surface area contributed by atoms with E-state index in [1.54, 1.807) is 0 Å². The summed E-state index contributed by atoms with van der Waals surface area (Å²) in [6.07, 6.45) is 0.708. The maximum absolute atomic E-state index is 5.26. The molecule has 4 nitrogen and oxygen atoms in total. The predicted octanol–water partition coefficient (Wildman–Crippen LogP) is 3.17. The molecule has 0 aliphatic carbocycles. The van der Waals surface area contributed by atoms with E-state index in [1.165, 1.54) is 16.7 Å². The van der Waals surface area contributed by atoms with Crippen molar-refractivity contribution in [2.75, 3.05) is 0 Å². The molecule has 0 atom stereocenters. The zero-order valence-corrected chi connectivity index (χ0v) is 12.9. The van der Waals surface area contributed by atoms with Crippen molar-refractivity contribution >= 4 is 0 Å². The highest BCUT2D eigenvalue weighted by molar-refractivity contribution is 5.31. The molecule has 1 aromatic heterocycles. The van der Waals surface area contributed by atoms with Crippen molar-refractivity contribution in [2.24, 2.45) is 0 Å². The highest BCUT2D eigenvalue weighted by Crippen LogP contribution is 2.13. The van der Waals surface area contributed by atoms with Crippen molar-refractivity contribution < 1.29 is 4.52 Å². The largest absolute Gasteiger partial charge is 0.338 e. The minimum absolute atomic E-state index is 0.0443. The molecule has 0 fully saturated rings. The number of aromatic nitrogens is 2. The Balaban J connectivity index is 2.00. The molecule has 0 radical (unpaired) electrons. The zero-order valence-electron chi connectivity index (χ0n) is 12.9. The Bertz CT molecular complexity index is 582. The lowest BCUT2D eigenvalue weighted by atomic mass is 10.0. The van der Waals surface area contributed by atoms with Crippen LogP contribution < -0.4 is 5.32 Å². The fourth-order valence-electron chi connectivity index (χ4n) is 1.87. The highest BCUT2D eigenvalue weighted by atomic mass is 16.5. The first-order chi connectivity index (χ1) is 9.33. The van der Waals surface area contributed by atoms with Crippen molar-refractivity contribution in [3.8, 4) is 0 Å². The normalized spacial score (nSPS) is 11.8. The predicted molar refractivity (Wildman–Crippen MR) is 79.6 cm³/mol. The Hall–Kier alpha value is -1.68. The summed E-state index contributed by atoms with van der Waals surface area (Å²) in [5.41, 5.74) is 3.85. The smallest absolute Gasteiger partial charge is 0.240 e. The molecule has 0 unspecified atom stereocenters. The van der Waals surface area contributed by atoms with Crippen molar-refractivity contribution in [1.29, 1.82) is 0 Å². The number of rotatable bonds is 4. The summed E-state index contributed by atoms with van der Waals surface area (Å²) >= 11 is 0. The first kappa shape index (κ1) is 14.7. The van der Waals surface area contributed by atoms with Gasteiger partial charge in [-0.2, -0.15) is 4.98 Å². The average molecular weight is 273 g/mol. The van der Waals surface area contributed by atoms with Gasteiger partial charge in [0, 0.05) is 12.0 Å². The number of hydrogen-bond donors (Lipinski definition) is 1. The molecule has 108 valence electrons. The summed E-state index contributed by atoms with van der Waals surface area (Å²) in [4.78, 5) is 4.42. The topological polar surface area (TPSA) is 51.0 Å². The van der Waals surface area contributed by atoms with Crippen molar-refractivity contribution in [1.82, 2.24) is 15.5 Å². The van der Waals surface area contributed by atoms with Gasteiger partial charge in [-0.1, -0.05) is 23.4 Å². The maximum Gasteiger partial charge on any atom is 0.240 e. The molecule has 1 aromatic carbocycles. The summed E-state index contributed by atoms with van der Waals surface area (Å²) in [5.74, 6) is 1.37. The van der Waals surface area contributed by atoms with E-state index in [-0.39, 0.29) is 5.54 Å². The van der Waals surface area contributed by atoms with Crippen LogP contribution in [0, 0.1) is 13.8 Å². The molecule has 0 aliphatic rings. The number of hydrogen-bond acceptors (Lipinski definition) is 4. The lowest BCUT2D eigenvalue weighted by Crippen LogP contribution is -2.35. The fraction of sp³-hybridized carbons (Fsp3) is 0.500. The summed E-state index contributed by atoms with van der Waals surface area (Å²) in [6.45, 7) is 11.2. The van der Waals surface area contributed by atoms with Gasteiger partial charge in [-0.25, -0.2) is 0 Å². The lowest BCUT2D eigenvalue weighted by molar-refractivity contribution is 0.334. The van der Waals surface area contributed by atoms with Crippen LogP contribution in [-0.4, -0.2) is 15.7 Å². The van der Waals surface area contributed by atoms with E-state index in [1.807, 2.05) is 0 Å². The van der Waals surface area contributed by atoms with Gasteiger partial charge >= 0.3 is 0 Å². The number of aryl methyl sites for hydroxylation is 2. The zero-order chi connectivity index (χ0) is 14.8. The van der Waals surface area contributed by atoms with E-state index in [9.17, 15) is 0 Å². The molecule has 0 saturated carbocycles. The standard InChI is InChI=1S/C16H23N3O/c1-11-6-7-13(8-12(11)2)9-14-18-15(20-19-14)10-17-16(3,4)5/h6-8,17H,9-10H2,1-5H3. The second kappa shape index (κ2) is 5.75. The Morgan fingerprint density at radius 3 is 2.55 bits per heavy atom. The Kier molecular flexibility index (Phi) is 4.23. The minimum atomic E-state index is 0.0443. The minimum Gasteiger partial charge on any atom is -0.338 e. The third-order valence-corrected chi connectivity index (χ3v) is 3.21. The molecule has 0 saturated heterocycles. The van der Waals surface area contributed by atoms with E-state index in [2.05, 4.69) is 68.3 Å². The number of nitrogens with zero attached hydrogens (tertiary/aromatic N) is 2. The van der Waals surface area contributed by atoms with Gasteiger partial charge in [0.2, 0.25) is 5.89 Å². The van der Waals surface area contributed by atoms with E-state index >= 15 is 0 Å². The van der Waals surface area contributed by atoms with Gasteiger partial charge in [0.05, 0.1) is 6.54 Å². The van der Waals surface area contributed by atoms with Crippen LogP contribution in [0.15, 0.2) is 22.7 Å². The third kappa shape index (κ3) is 4.17. The molecule has 0 aliphatic heterocycles. The molecular weight excluding hydrogens is 250 g/mol. The SMILES string of the molecule is Cc1ccc(Cc2noc(CNC(C)(C)C)n2)cc1C. The van der Waals surface area contributed by atoms with E-state index < -0.39 is 0 Å². The molecule has 1 heterocycles. The second-order valence-corrected chi connectivity index (χ2v) is 6.30. The summed E-state index contributed by atoms with van der Waals surface area (Å²) in [5, 5.41) is 7.37. The van der Waals surface area contributed by atoms with Gasteiger partial charge in [-0.05, 0) is 51.3 Å². The van der Waals surface area contributed by atoms with Crippen LogP contribution in [0.5, 0.6) is 0 Å². The van der Waals surface area contributed by atoms with Crippen LogP contribution in [-0.2, 0) is 13.0 Å². The Morgan fingerprint density at radius 1 is 1.15 bits per heavy atom. The van der Waals surface area contributed by atoms with E-state index in [4.69, 9.17) is 4.52 Å². The van der Waals surface area contributed by atoms with Crippen molar-refractivity contribution in [2.45, 2.75) is 53.1 Å². The van der Waals surface area contributed by atoms with Crippen LogP contribution in [0.4, 0.5) is 0 Å². The van der Waals surface area contributed by atoms with Gasteiger partial charge in [0.1, 0.15) is 0 Å². The first-order valence-corrected chi connectivity index (χ1v) is 6.96. The molecule has 2 rings (SSSR count). The Morgan fingerprint density at radius 2 is 1.90 bits per heavy atom. The van der Waals surface area contributed by atoms with E-state index in [0.717, 1.165) is 5.82 Å². The van der Waals surface area contributed by atoms with Crippen LogP contribution in [0.3, 0.4) is 0 Å². The second-order valence-electron chi connectivity index (χ2n) is 6.30. The Labute approximate surface area is 120 Å². The van der Waals surface area contributed by atoms with Crippen molar-refractivity contribution in [3.05, 3.63) is 46.6 Å². The number of nitrogens with one attached hydrogen (secondary N) is 1. The summed E-state index contributed by atoms with van der Waals surface area (Å²) in [7, 11) is 0. The lowest BCUT2D eigenvalue weighted by Gasteiger charge is -2.18. The van der Waals surface area contributed by atoms with Crippen LogP contribution in [0.2, 0.25) is 0 Å². The van der Waals surface area contributed by atoms with Gasteiger partial charge in [0.15, 0.2) is 5.82 Å². The first-order valence-electron chi connectivity index (χ1n) is 6.96. The molecule has 20 heavy (non-hydrogen) atoms. The number of benzene rings is 1. The van der Waals surface area contributed by atoms with Gasteiger partial charge in [0.25, 0.3) is 0 Å². The highest BCUT2D eigenvalue weighted by Gasteiger charge is 2.12. The van der Waals surface area contributed by atoms with Gasteiger partial charge in [-0.3, -0.25) is 0 Å². The van der Waals surface area contributed by atoms with Gasteiger partial charge < -0.3 is 9.84 Å². The van der Waals surface area contributed by atoms with Crippen LogP contribution in [0.1, 0.15) is 49.2 Å². The molecule has 4 heteroatoms. The van der Waals surface area contributed by atoms with Crippen LogP contribution >= 0.6 is 0 Å². The summed E-state index contributed by atoms with van der Waals surface area (Å²) in [6, 6.07) is 6.43. The van der Waals surface area contributed by atoms with Crippen molar-refractivity contribution in [3.63, 3.8) is 0 Å². The quantitative estimate of drug-likeness (QED) is 0.929. The monoisotopic (exact) mass is 273 g/mol. The maximum atomic E-state index is 5.26. The fourth-order valence-corrected chi connectivity index (χ4v) is 1.87. The third-order valence-electron chi connectivity index (χ3n) is 3.21. The van der Waals surface area contributed by atoms with E-state index in [0.29, 0.717) is 18.9 Å². The summed E-state index contributed by atoms with van der Waals surface area (Å²) < 4.78 is 5.26. The molecule has 2 aromatic rings. The molecule has 0 amide bonds. The van der Waals surface area contributed by atoms with Gasteiger partial charge in [-0.15, -0.1) is 0 Å². The molecule has 1 N–H and O–H groups in total. The van der Waals surface area contributed by atoms with Crippen LogP contribution in [0.25, 0.3) is 0 Å². The molecule has 0 bridgehead atoms. The molecule has 0 spiro atoms. The average Bonchev–Trinajstić information content (AvgIpc) is 2.78. The molecular formula is C16H23N3O.